The molecule has 2 rings (SSSR count). The summed E-state index contributed by atoms with van der Waals surface area (Å²) in [6.07, 6.45) is -0.127. The van der Waals surface area contributed by atoms with Gasteiger partial charge in [-0.3, -0.25) is 0 Å². The van der Waals surface area contributed by atoms with Crippen molar-refractivity contribution < 1.29 is 14.3 Å². The van der Waals surface area contributed by atoms with Crippen LogP contribution in [0.4, 0.5) is 0 Å². The summed E-state index contributed by atoms with van der Waals surface area (Å²) in [5.41, 5.74) is 0.0264. The predicted molar refractivity (Wildman–Crippen MR) is 33.4 cm³/mol. The van der Waals surface area contributed by atoms with Gasteiger partial charge < -0.3 is 9.47 Å². The van der Waals surface area contributed by atoms with E-state index in [2.05, 4.69) is 0 Å². The first-order valence-electron chi connectivity index (χ1n) is 3.43. The van der Waals surface area contributed by atoms with Gasteiger partial charge in [0.2, 0.25) is 0 Å². The van der Waals surface area contributed by atoms with Crippen LogP contribution in [0.15, 0.2) is 0 Å². The summed E-state index contributed by atoms with van der Waals surface area (Å²) < 4.78 is 10.0. The summed E-state index contributed by atoms with van der Waals surface area (Å²) in [6, 6.07) is 0. The largest absolute Gasteiger partial charge is 0.463 e. The van der Waals surface area contributed by atoms with Crippen LogP contribution in [-0.4, -0.2) is 24.8 Å². The molecular formula is C7H10O3. The molecule has 0 unspecified atom stereocenters. The van der Waals surface area contributed by atoms with E-state index in [1.807, 2.05) is 13.8 Å². The molecule has 3 nitrogen and oxygen atoms in total. The zero-order valence-corrected chi connectivity index (χ0v) is 6.09. The second-order valence-corrected chi connectivity index (χ2v) is 3.57. The molecule has 0 aromatic carbocycles. The van der Waals surface area contributed by atoms with Crippen LogP contribution in [0, 0.1) is 5.41 Å². The number of carbonyl (C=O) groups is 1. The fourth-order valence-electron chi connectivity index (χ4n) is 1.31. The molecule has 0 aliphatic carbocycles. The van der Waals surface area contributed by atoms with E-state index in [9.17, 15) is 4.79 Å². The van der Waals surface area contributed by atoms with Gasteiger partial charge in [0.25, 0.3) is 0 Å². The first-order valence-corrected chi connectivity index (χ1v) is 3.43. The Labute approximate surface area is 59.3 Å². The predicted octanol–water partition coefficient (Wildman–Crippen LogP) is 0.337. The van der Waals surface area contributed by atoms with Crippen LogP contribution in [0.3, 0.4) is 0 Å². The van der Waals surface area contributed by atoms with Crippen molar-refractivity contribution in [3.63, 3.8) is 0 Å². The van der Waals surface area contributed by atoms with Crippen LogP contribution in [0.2, 0.25) is 0 Å². The molecule has 0 N–H and O–H groups in total. The topological polar surface area (TPSA) is 38.8 Å². The van der Waals surface area contributed by atoms with Gasteiger partial charge >= 0.3 is 5.97 Å². The summed E-state index contributed by atoms with van der Waals surface area (Å²) in [5, 5.41) is 0. The van der Waals surface area contributed by atoms with Crippen molar-refractivity contribution in [2.24, 2.45) is 5.41 Å². The van der Waals surface area contributed by atoms with Crippen molar-refractivity contribution >= 4 is 5.97 Å². The van der Waals surface area contributed by atoms with Gasteiger partial charge in [0, 0.05) is 5.41 Å². The number of hydrogen-bond acceptors (Lipinski definition) is 3. The number of epoxide rings is 1. The molecule has 0 aromatic heterocycles. The molecule has 2 heterocycles. The van der Waals surface area contributed by atoms with Crippen LogP contribution in [0.1, 0.15) is 13.8 Å². The lowest BCUT2D eigenvalue weighted by Crippen LogP contribution is -2.36. The SMILES string of the molecule is CC1(C)COC(=O)[C@H]2O[C@H]21. The number of esters is 1. The summed E-state index contributed by atoms with van der Waals surface area (Å²) in [6.45, 7) is 4.58. The Morgan fingerprint density at radius 2 is 2.30 bits per heavy atom. The second-order valence-electron chi connectivity index (χ2n) is 3.57. The van der Waals surface area contributed by atoms with Gasteiger partial charge in [-0.05, 0) is 0 Å². The summed E-state index contributed by atoms with van der Waals surface area (Å²) in [7, 11) is 0. The van der Waals surface area contributed by atoms with E-state index >= 15 is 0 Å². The third-order valence-electron chi connectivity index (χ3n) is 2.08. The maximum Gasteiger partial charge on any atom is 0.338 e. The maximum absolute atomic E-state index is 10.8. The highest BCUT2D eigenvalue weighted by molar-refractivity contribution is 5.79. The minimum absolute atomic E-state index is 0.0264. The fourth-order valence-corrected chi connectivity index (χ4v) is 1.31. The Hall–Kier alpha value is -0.570. The number of cyclic esters (lactones) is 1. The summed E-state index contributed by atoms with van der Waals surface area (Å²) in [4.78, 5) is 10.8. The lowest BCUT2D eigenvalue weighted by atomic mass is 9.87. The molecule has 2 aliphatic heterocycles. The van der Waals surface area contributed by atoms with Crippen LogP contribution in [-0.2, 0) is 14.3 Å². The minimum Gasteiger partial charge on any atom is -0.463 e. The van der Waals surface area contributed by atoms with E-state index in [1.54, 1.807) is 0 Å². The number of rotatable bonds is 0. The molecule has 0 radical (unpaired) electrons. The number of hydrogen-bond donors (Lipinski definition) is 0. The molecule has 0 spiro atoms. The Bertz CT molecular complexity index is 185. The van der Waals surface area contributed by atoms with E-state index in [1.165, 1.54) is 0 Å². The maximum atomic E-state index is 10.8. The second kappa shape index (κ2) is 1.53. The molecule has 2 atom stereocenters. The van der Waals surface area contributed by atoms with Crippen molar-refractivity contribution in [3.8, 4) is 0 Å². The molecule has 2 aliphatic rings. The van der Waals surface area contributed by atoms with Gasteiger partial charge in [0.1, 0.15) is 6.10 Å². The molecule has 3 heteroatoms. The first kappa shape index (κ1) is 6.16. The third kappa shape index (κ3) is 0.669. The van der Waals surface area contributed by atoms with Crippen LogP contribution >= 0.6 is 0 Å². The fraction of sp³-hybridized carbons (Fsp3) is 0.857. The van der Waals surface area contributed by atoms with E-state index < -0.39 is 0 Å². The van der Waals surface area contributed by atoms with Crippen molar-refractivity contribution in [1.82, 2.24) is 0 Å². The van der Waals surface area contributed by atoms with Crippen molar-refractivity contribution in [3.05, 3.63) is 0 Å². The number of fused-ring (bicyclic) bond motifs is 1. The van der Waals surface area contributed by atoms with Gasteiger partial charge in [0.05, 0.1) is 6.61 Å². The highest BCUT2D eigenvalue weighted by Crippen LogP contribution is 2.42. The van der Waals surface area contributed by atoms with Crippen molar-refractivity contribution in [2.45, 2.75) is 26.1 Å². The van der Waals surface area contributed by atoms with Crippen LogP contribution < -0.4 is 0 Å². The standard InChI is InChI=1S/C7H10O3/c1-7(2)3-9-6(8)4-5(7)10-4/h4-5H,3H2,1-2H3/t4-,5+/m0/s1. The average Bonchev–Trinajstić information content (AvgIpc) is 2.58. The summed E-state index contributed by atoms with van der Waals surface area (Å²) in [5.74, 6) is -0.190. The molecule has 0 amide bonds. The summed E-state index contributed by atoms with van der Waals surface area (Å²) >= 11 is 0. The lowest BCUT2D eigenvalue weighted by Gasteiger charge is -2.24. The normalized spacial score (nSPS) is 42.0. The highest BCUT2D eigenvalue weighted by Gasteiger charge is 2.58. The molecule has 10 heavy (non-hydrogen) atoms. The smallest absolute Gasteiger partial charge is 0.338 e. The molecule has 56 valence electrons. The Balaban J connectivity index is 2.16. The molecule has 0 bridgehead atoms. The zero-order valence-electron chi connectivity index (χ0n) is 6.09. The van der Waals surface area contributed by atoms with Gasteiger partial charge in [-0.1, -0.05) is 13.8 Å². The Morgan fingerprint density at radius 1 is 1.60 bits per heavy atom. The van der Waals surface area contributed by atoms with E-state index in [-0.39, 0.29) is 23.6 Å². The Morgan fingerprint density at radius 3 is 2.90 bits per heavy atom. The lowest BCUT2D eigenvalue weighted by molar-refractivity contribution is -0.150. The quantitative estimate of drug-likeness (QED) is 0.361. The molecular weight excluding hydrogens is 132 g/mol. The van der Waals surface area contributed by atoms with Gasteiger partial charge in [-0.25, -0.2) is 4.79 Å². The molecule has 0 saturated carbocycles. The van der Waals surface area contributed by atoms with E-state index in [0.717, 1.165) is 0 Å². The van der Waals surface area contributed by atoms with E-state index in [4.69, 9.17) is 9.47 Å². The highest BCUT2D eigenvalue weighted by atomic mass is 16.7. The van der Waals surface area contributed by atoms with Gasteiger partial charge in [-0.15, -0.1) is 0 Å². The first-order chi connectivity index (χ1) is 4.61. The van der Waals surface area contributed by atoms with Crippen molar-refractivity contribution in [1.29, 1.82) is 0 Å². The molecule has 2 saturated heterocycles. The average molecular weight is 142 g/mol. The molecule has 0 aromatic rings. The van der Waals surface area contributed by atoms with Gasteiger partial charge in [0.15, 0.2) is 6.10 Å². The van der Waals surface area contributed by atoms with Gasteiger partial charge in [-0.2, -0.15) is 0 Å². The zero-order chi connectivity index (χ0) is 7.35. The number of carbonyl (C=O) groups excluding carboxylic acids is 1. The minimum atomic E-state index is -0.247. The van der Waals surface area contributed by atoms with E-state index in [0.29, 0.717) is 6.61 Å². The third-order valence-corrected chi connectivity index (χ3v) is 2.08. The van der Waals surface area contributed by atoms with Crippen molar-refractivity contribution in [2.75, 3.05) is 6.61 Å². The monoisotopic (exact) mass is 142 g/mol. The Kier molecular flexibility index (Phi) is 0.944. The number of ether oxygens (including phenoxy) is 2. The van der Waals surface area contributed by atoms with Crippen LogP contribution in [0.5, 0.6) is 0 Å². The molecule has 2 fully saturated rings. The van der Waals surface area contributed by atoms with Crippen LogP contribution in [0.25, 0.3) is 0 Å².